The molecular weight excluding hydrogens is 360 g/mol. The van der Waals surface area contributed by atoms with Gasteiger partial charge in [0.1, 0.15) is 0 Å². The van der Waals surface area contributed by atoms with Crippen LogP contribution in [-0.4, -0.2) is 20.7 Å². The topological polar surface area (TPSA) is 59.8 Å². The Morgan fingerprint density at radius 1 is 1.03 bits per heavy atom. The average molecular weight is 382 g/mol. The van der Waals surface area contributed by atoms with E-state index in [1.807, 2.05) is 79.2 Å². The first kappa shape index (κ1) is 17.6. The monoisotopic (exact) mass is 382 g/mol. The molecule has 0 atom stereocenters. The average Bonchev–Trinajstić information content (AvgIpc) is 3.54. The number of nitrogens with zero attached hydrogens (tertiary/aromatic N) is 3. The van der Waals surface area contributed by atoms with Crippen LogP contribution in [0.15, 0.2) is 60.7 Å². The number of carbonyl (C=O) groups excluding carboxylic acids is 1. The van der Waals surface area contributed by atoms with Crippen molar-refractivity contribution in [3.63, 3.8) is 0 Å². The minimum atomic E-state index is -0.121. The van der Waals surface area contributed by atoms with E-state index in [0.29, 0.717) is 11.5 Å². The maximum atomic E-state index is 13.3. The van der Waals surface area contributed by atoms with Crippen LogP contribution in [0.5, 0.6) is 0 Å². The summed E-state index contributed by atoms with van der Waals surface area (Å²) in [5.74, 6) is 0.313. The molecule has 1 aliphatic carbocycles. The molecule has 5 rings (SSSR count). The summed E-state index contributed by atoms with van der Waals surface area (Å²) in [6.45, 7) is 3.93. The van der Waals surface area contributed by atoms with Crippen LogP contribution in [0.25, 0.3) is 16.7 Å². The molecule has 0 radical (unpaired) electrons. The Kier molecular flexibility index (Phi) is 4.16. The largest absolute Gasteiger partial charge is 0.322 e. The van der Waals surface area contributed by atoms with Gasteiger partial charge in [-0.25, -0.2) is 9.67 Å². The minimum Gasteiger partial charge on any atom is -0.322 e. The Balaban J connectivity index is 1.67. The van der Waals surface area contributed by atoms with Crippen LogP contribution in [0.1, 0.15) is 46.1 Å². The second-order valence-corrected chi connectivity index (χ2v) is 7.67. The van der Waals surface area contributed by atoms with Crippen molar-refractivity contribution in [3.05, 3.63) is 83.2 Å². The third-order valence-corrected chi connectivity index (χ3v) is 5.47. The highest BCUT2D eigenvalue weighted by Crippen LogP contribution is 2.40. The number of hydrogen-bond acceptors (Lipinski definition) is 3. The molecule has 29 heavy (non-hydrogen) atoms. The van der Waals surface area contributed by atoms with Crippen molar-refractivity contribution >= 4 is 22.6 Å². The number of amides is 1. The number of carbonyl (C=O) groups is 1. The van der Waals surface area contributed by atoms with E-state index in [1.165, 1.54) is 0 Å². The second kappa shape index (κ2) is 6.85. The Bertz CT molecular complexity index is 1220. The van der Waals surface area contributed by atoms with Gasteiger partial charge in [-0.1, -0.05) is 36.4 Å². The Morgan fingerprint density at radius 2 is 1.76 bits per heavy atom. The number of nitrogens with one attached hydrogen (secondary N) is 1. The molecule has 1 fully saturated rings. The van der Waals surface area contributed by atoms with Gasteiger partial charge in [0.15, 0.2) is 5.65 Å². The molecule has 0 bridgehead atoms. The first-order chi connectivity index (χ1) is 14.1. The van der Waals surface area contributed by atoms with E-state index in [-0.39, 0.29) is 5.91 Å². The number of benzene rings is 2. The highest BCUT2D eigenvalue weighted by Gasteiger charge is 2.29. The molecule has 1 amide bonds. The molecule has 1 aliphatic rings. The number of pyridine rings is 1. The number of aryl methyl sites for hydroxylation is 2. The van der Waals surface area contributed by atoms with Crippen LogP contribution in [0.3, 0.4) is 0 Å². The predicted molar refractivity (Wildman–Crippen MR) is 115 cm³/mol. The van der Waals surface area contributed by atoms with Crippen molar-refractivity contribution in [1.29, 1.82) is 0 Å². The molecule has 0 unspecified atom stereocenters. The lowest BCUT2D eigenvalue weighted by Gasteiger charge is -2.11. The third-order valence-electron chi connectivity index (χ3n) is 5.47. The molecule has 2 heterocycles. The molecule has 4 aromatic rings. The predicted octanol–water partition coefficient (Wildman–Crippen LogP) is 5.17. The summed E-state index contributed by atoms with van der Waals surface area (Å²) in [5.41, 5.74) is 5.95. The normalized spacial score (nSPS) is 13.6. The van der Waals surface area contributed by atoms with Crippen LogP contribution in [0.2, 0.25) is 0 Å². The van der Waals surface area contributed by atoms with Gasteiger partial charge >= 0.3 is 0 Å². The number of aromatic nitrogens is 3. The molecule has 2 aromatic heterocycles. The summed E-state index contributed by atoms with van der Waals surface area (Å²) in [5, 5.41) is 8.61. The number of para-hydroxylation sites is 2. The fraction of sp³-hybridized carbons (Fsp3) is 0.208. The maximum absolute atomic E-state index is 13.3. The summed E-state index contributed by atoms with van der Waals surface area (Å²) >= 11 is 0. The van der Waals surface area contributed by atoms with Crippen molar-refractivity contribution in [2.75, 3.05) is 5.32 Å². The lowest BCUT2D eigenvalue weighted by atomic mass is 10.1. The molecule has 144 valence electrons. The third kappa shape index (κ3) is 3.18. The lowest BCUT2D eigenvalue weighted by molar-refractivity contribution is 0.102. The summed E-state index contributed by atoms with van der Waals surface area (Å²) in [6.07, 6.45) is 2.24. The van der Waals surface area contributed by atoms with E-state index >= 15 is 0 Å². The van der Waals surface area contributed by atoms with Gasteiger partial charge in [-0.2, -0.15) is 5.10 Å². The van der Waals surface area contributed by atoms with E-state index in [9.17, 15) is 4.79 Å². The van der Waals surface area contributed by atoms with Crippen molar-refractivity contribution in [2.24, 2.45) is 0 Å². The lowest BCUT2D eigenvalue weighted by Crippen LogP contribution is -2.14. The van der Waals surface area contributed by atoms with Crippen molar-refractivity contribution < 1.29 is 4.79 Å². The molecule has 1 saturated carbocycles. The van der Waals surface area contributed by atoms with Crippen LogP contribution in [-0.2, 0) is 0 Å². The fourth-order valence-electron chi connectivity index (χ4n) is 3.73. The van der Waals surface area contributed by atoms with Gasteiger partial charge in [0.05, 0.1) is 22.3 Å². The van der Waals surface area contributed by atoms with Gasteiger partial charge in [0.2, 0.25) is 0 Å². The molecule has 5 nitrogen and oxygen atoms in total. The van der Waals surface area contributed by atoms with Gasteiger partial charge in [-0.15, -0.1) is 0 Å². The van der Waals surface area contributed by atoms with Crippen molar-refractivity contribution in [1.82, 2.24) is 14.8 Å². The molecule has 1 N–H and O–H groups in total. The first-order valence-corrected chi connectivity index (χ1v) is 9.94. The van der Waals surface area contributed by atoms with Crippen LogP contribution in [0.4, 0.5) is 5.69 Å². The molecule has 0 spiro atoms. The molecule has 2 aromatic carbocycles. The van der Waals surface area contributed by atoms with Gasteiger partial charge in [0.25, 0.3) is 5.91 Å². The van der Waals surface area contributed by atoms with Gasteiger partial charge in [-0.05, 0) is 56.5 Å². The number of anilines is 1. The number of rotatable bonds is 4. The zero-order chi connectivity index (χ0) is 20.0. The molecule has 0 aliphatic heterocycles. The Labute approximate surface area is 169 Å². The molecule has 0 saturated heterocycles. The number of fused-ring (bicyclic) bond motifs is 1. The minimum absolute atomic E-state index is 0.121. The highest BCUT2D eigenvalue weighted by atomic mass is 16.1. The van der Waals surface area contributed by atoms with Crippen LogP contribution >= 0.6 is 0 Å². The van der Waals surface area contributed by atoms with Crippen molar-refractivity contribution in [2.45, 2.75) is 32.6 Å². The highest BCUT2D eigenvalue weighted by molar-refractivity contribution is 6.13. The summed E-state index contributed by atoms with van der Waals surface area (Å²) < 4.78 is 1.85. The smallest absolute Gasteiger partial charge is 0.256 e. The van der Waals surface area contributed by atoms with E-state index in [4.69, 9.17) is 10.1 Å². The first-order valence-electron chi connectivity index (χ1n) is 9.94. The number of hydrogen-bond donors (Lipinski definition) is 1. The zero-order valence-electron chi connectivity index (χ0n) is 16.5. The zero-order valence-corrected chi connectivity index (χ0v) is 16.5. The van der Waals surface area contributed by atoms with Gasteiger partial charge < -0.3 is 5.32 Å². The van der Waals surface area contributed by atoms with Crippen LogP contribution in [0, 0.1) is 13.8 Å². The summed E-state index contributed by atoms with van der Waals surface area (Å²) in [6, 6.07) is 19.7. The van der Waals surface area contributed by atoms with Crippen molar-refractivity contribution in [3.8, 4) is 5.69 Å². The SMILES string of the molecule is Cc1ccccc1NC(=O)c1cc(C2CC2)nc2c1c(C)nn2-c1ccccc1. The van der Waals surface area contributed by atoms with Gasteiger partial charge in [-0.3, -0.25) is 4.79 Å². The summed E-state index contributed by atoms with van der Waals surface area (Å²) in [7, 11) is 0. The van der Waals surface area contributed by atoms with E-state index in [1.54, 1.807) is 0 Å². The Hall–Kier alpha value is -3.47. The summed E-state index contributed by atoms with van der Waals surface area (Å²) in [4.78, 5) is 18.2. The Morgan fingerprint density at radius 3 is 2.48 bits per heavy atom. The molecule has 5 heteroatoms. The fourth-order valence-corrected chi connectivity index (χ4v) is 3.73. The van der Waals surface area contributed by atoms with Crippen LogP contribution < -0.4 is 5.32 Å². The standard InChI is InChI=1S/C24H22N4O/c1-15-8-6-7-11-20(15)26-24(29)19-14-21(17-12-13-17)25-23-22(19)16(2)27-28(23)18-9-4-3-5-10-18/h3-11,14,17H,12-13H2,1-2H3,(H,26,29). The van der Waals surface area contributed by atoms with Gasteiger partial charge in [0, 0.05) is 17.3 Å². The van der Waals surface area contributed by atoms with E-state index < -0.39 is 0 Å². The maximum Gasteiger partial charge on any atom is 0.256 e. The molecular formula is C24H22N4O. The quantitative estimate of drug-likeness (QED) is 0.530. The second-order valence-electron chi connectivity index (χ2n) is 7.67. The van der Waals surface area contributed by atoms with E-state index in [0.717, 1.165) is 52.2 Å². The van der Waals surface area contributed by atoms with E-state index in [2.05, 4.69) is 5.32 Å².